The quantitative estimate of drug-likeness (QED) is 0.880. The van der Waals surface area contributed by atoms with Crippen LogP contribution < -0.4 is 0 Å². The number of aliphatic carboxylic acids is 1. The van der Waals surface area contributed by atoms with Crippen LogP contribution in [0.3, 0.4) is 0 Å². The van der Waals surface area contributed by atoms with Gasteiger partial charge in [0.05, 0.1) is 17.1 Å². The Kier molecular flexibility index (Phi) is 3.71. The molecule has 1 aromatic rings. The number of alkyl halides is 3. The van der Waals surface area contributed by atoms with Crippen molar-refractivity contribution in [1.82, 2.24) is 0 Å². The number of rotatable bonds is 3. The zero-order valence-electron chi connectivity index (χ0n) is 9.82. The number of carboxylic acid groups (broad SMARTS) is 1. The van der Waals surface area contributed by atoms with E-state index in [1.807, 2.05) is 0 Å². The maximum atomic E-state index is 12.5. The van der Waals surface area contributed by atoms with Gasteiger partial charge >= 0.3 is 12.1 Å². The third kappa shape index (κ3) is 2.81. The van der Waals surface area contributed by atoms with Gasteiger partial charge in [-0.1, -0.05) is 12.1 Å². The fraction of sp³-hybridized carbons (Fsp3) is 0.417. The van der Waals surface area contributed by atoms with Crippen molar-refractivity contribution in [3.05, 3.63) is 35.4 Å². The Morgan fingerprint density at radius 2 is 1.83 bits per heavy atom. The van der Waals surface area contributed by atoms with Gasteiger partial charge in [-0.2, -0.15) is 13.2 Å². The molecule has 0 aliphatic heterocycles. The molecule has 6 heteroatoms. The molecule has 0 radical (unpaired) electrons. The smallest absolute Gasteiger partial charge is 0.416 e. The van der Waals surface area contributed by atoms with Gasteiger partial charge in [0.25, 0.3) is 0 Å². The van der Waals surface area contributed by atoms with Crippen LogP contribution >= 0.6 is 0 Å². The van der Waals surface area contributed by atoms with Gasteiger partial charge in [0, 0.05) is 0 Å². The lowest BCUT2D eigenvalue weighted by Crippen LogP contribution is -2.31. The van der Waals surface area contributed by atoms with Gasteiger partial charge in [-0.15, -0.1) is 0 Å². The maximum Gasteiger partial charge on any atom is 0.416 e. The minimum absolute atomic E-state index is 0.0720. The van der Waals surface area contributed by atoms with Crippen LogP contribution in [0.2, 0.25) is 0 Å². The van der Waals surface area contributed by atoms with Crippen molar-refractivity contribution in [2.24, 2.45) is 5.41 Å². The Bertz CT molecular complexity index is 452. The van der Waals surface area contributed by atoms with Crippen LogP contribution in [-0.2, 0) is 11.0 Å². The van der Waals surface area contributed by atoms with Crippen LogP contribution in [0.1, 0.15) is 31.1 Å². The van der Waals surface area contributed by atoms with Gasteiger partial charge in [0.1, 0.15) is 0 Å². The van der Waals surface area contributed by atoms with Crippen LogP contribution in [0.4, 0.5) is 13.2 Å². The molecule has 18 heavy (non-hydrogen) atoms. The molecule has 100 valence electrons. The van der Waals surface area contributed by atoms with Crippen LogP contribution in [0, 0.1) is 5.41 Å². The monoisotopic (exact) mass is 262 g/mol. The minimum Gasteiger partial charge on any atom is -0.481 e. The van der Waals surface area contributed by atoms with Gasteiger partial charge in [-0.25, -0.2) is 0 Å². The highest BCUT2D eigenvalue weighted by Crippen LogP contribution is 2.36. The summed E-state index contributed by atoms with van der Waals surface area (Å²) in [5, 5.41) is 18.8. The standard InChI is InChI=1S/C12H13F3O3/c1-11(2,10(17)18)9(16)7-4-3-5-8(6-7)12(13,14)15/h3-6,9,16H,1-2H3,(H,17,18). The lowest BCUT2D eigenvalue weighted by atomic mass is 9.82. The molecule has 1 rings (SSSR count). The lowest BCUT2D eigenvalue weighted by Gasteiger charge is -2.26. The molecule has 0 aliphatic rings. The summed E-state index contributed by atoms with van der Waals surface area (Å²) in [6, 6.07) is 4.03. The van der Waals surface area contributed by atoms with Gasteiger partial charge in [0.2, 0.25) is 0 Å². The topological polar surface area (TPSA) is 57.5 Å². The summed E-state index contributed by atoms with van der Waals surface area (Å²) in [5.74, 6) is -1.28. The van der Waals surface area contributed by atoms with E-state index < -0.39 is 29.2 Å². The van der Waals surface area contributed by atoms with E-state index in [9.17, 15) is 23.1 Å². The van der Waals surface area contributed by atoms with Gasteiger partial charge < -0.3 is 10.2 Å². The number of benzene rings is 1. The molecule has 0 saturated carbocycles. The first kappa shape index (κ1) is 14.5. The molecule has 0 aliphatic carbocycles. The highest BCUT2D eigenvalue weighted by atomic mass is 19.4. The van der Waals surface area contributed by atoms with E-state index in [0.29, 0.717) is 0 Å². The average Bonchev–Trinajstić information content (AvgIpc) is 2.26. The van der Waals surface area contributed by atoms with Crippen molar-refractivity contribution in [1.29, 1.82) is 0 Å². The van der Waals surface area contributed by atoms with Crippen molar-refractivity contribution in [2.45, 2.75) is 26.1 Å². The Hall–Kier alpha value is -1.56. The molecule has 1 unspecified atom stereocenters. The third-order valence-corrected chi connectivity index (χ3v) is 2.76. The zero-order chi connectivity index (χ0) is 14.1. The molecule has 1 aromatic carbocycles. The Balaban J connectivity index is 3.16. The highest BCUT2D eigenvalue weighted by Gasteiger charge is 2.38. The van der Waals surface area contributed by atoms with E-state index >= 15 is 0 Å². The predicted octanol–water partition coefficient (Wildman–Crippen LogP) is 2.85. The Morgan fingerprint density at radius 1 is 1.28 bits per heavy atom. The number of carboxylic acids is 1. The SMILES string of the molecule is CC(C)(C(=O)O)C(O)c1cccc(C(F)(F)F)c1. The molecule has 0 aromatic heterocycles. The number of aliphatic hydroxyl groups excluding tert-OH is 1. The van der Waals surface area contributed by atoms with E-state index in [1.165, 1.54) is 19.9 Å². The molecule has 0 spiro atoms. The molecule has 0 bridgehead atoms. The second kappa shape index (κ2) is 4.61. The zero-order valence-corrected chi connectivity index (χ0v) is 9.82. The molecule has 0 fully saturated rings. The molecule has 0 amide bonds. The Labute approximate surface area is 102 Å². The fourth-order valence-electron chi connectivity index (χ4n) is 1.42. The van der Waals surface area contributed by atoms with Crippen molar-refractivity contribution < 1.29 is 28.2 Å². The second-order valence-corrected chi connectivity index (χ2v) is 4.55. The van der Waals surface area contributed by atoms with Gasteiger partial charge in [0.15, 0.2) is 0 Å². The molecule has 0 saturated heterocycles. The molecule has 1 atom stereocenters. The first-order valence-electron chi connectivity index (χ1n) is 5.15. The van der Waals surface area contributed by atoms with E-state index in [0.717, 1.165) is 18.2 Å². The summed E-state index contributed by atoms with van der Waals surface area (Å²) in [6.07, 6.45) is -6.04. The van der Waals surface area contributed by atoms with Gasteiger partial charge in [-0.3, -0.25) is 4.79 Å². The summed E-state index contributed by atoms with van der Waals surface area (Å²) < 4.78 is 37.5. The number of halogens is 3. The largest absolute Gasteiger partial charge is 0.481 e. The number of hydrogen-bond donors (Lipinski definition) is 2. The second-order valence-electron chi connectivity index (χ2n) is 4.55. The number of aliphatic hydroxyl groups is 1. The Morgan fingerprint density at radius 3 is 2.28 bits per heavy atom. The summed E-state index contributed by atoms with van der Waals surface area (Å²) in [6.45, 7) is 2.50. The third-order valence-electron chi connectivity index (χ3n) is 2.76. The van der Waals surface area contributed by atoms with Gasteiger partial charge in [-0.05, 0) is 31.5 Å². The summed E-state index contributed by atoms with van der Waals surface area (Å²) in [4.78, 5) is 10.9. The molecule has 3 nitrogen and oxygen atoms in total. The van der Waals surface area contributed by atoms with E-state index in [1.54, 1.807) is 0 Å². The maximum absolute atomic E-state index is 12.5. The molecular weight excluding hydrogens is 249 g/mol. The molecular formula is C12H13F3O3. The number of carbonyl (C=O) groups is 1. The summed E-state index contributed by atoms with van der Waals surface area (Å²) >= 11 is 0. The molecule has 0 heterocycles. The van der Waals surface area contributed by atoms with Crippen LogP contribution in [0.25, 0.3) is 0 Å². The first-order valence-corrected chi connectivity index (χ1v) is 5.15. The van der Waals surface area contributed by atoms with Crippen LogP contribution in [-0.4, -0.2) is 16.2 Å². The van der Waals surface area contributed by atoms with E-state index in [4.69, 9.17) is 5.11 Å². The number of hydrogen-bond acceptors (Lipinski definition) is 2. The lowest BCUT2D eigenvalue weighted by molar-refractivity contribution is -0.153. The van der Waals surface area contributed by atoms with E-state index in [2.05, 4.69) is 0 Å². The molecule has 2 N–H and O–H groups in total. The van der Waals surface area contributed by atoms with Crippen molar-refractivity contribution >= 4 is 5.97 Å². The van der Waals surface area contributed by atoms with Crippen molar-refractivity contribution in [3.63, 3.8) is 0 Å². The normalized spacial score (nSPS) is 14.3. The minimum atomic E-state index is -4.52. The highest BCUT2D eigenvalue weighted by molar-refractivity contribution is 5.74. The van der Waals surface area contributed by atoms with Crippen LogP contribution in [0.5, 0.6) is 0 Å². The van der Waals surface area contributed by atoms with Crippen molar-refractivity contribution in [2.75, 3.05) is 0 Å². The fourth-order valence-corrected chi connectivity index (χ4v) is 1.42. The predicted molar refractivity (Wildman–Crippen MR) is 57.8 cm³/mol. The average molecular weight is 262 g/mol. The van der Waals surface area contributed by atoms with Crippen LogP contribution in [0.15, 0.2) is 24.3 Å². The van der Waals surface area contributed by atoms with E-state index in [-0.39, 0.29) is 5.56 Å². The van der Waals surface area contributed by atoms with Crippen molar-refractivity contribution in [3.8, 4) is 0 Å². The summed E-state index contributed by atoms with van der Waals surface area (Å²) in [5.41, 5.74) is -2.55. The first-order chi connectivity index (χ1) is 8.06. The summed E-state index contributed by atoms with van der Waals surface area (Å²) in [7, 11) is 0.